The molecule has 0 saturated heterocycles. The molecule has 3 rings (SSSR count). The molecule has 1 atom stereocenters. The maximum Gasteiger partial charge on any atom is 0.338 e. The Morgan fingerprint density at radius 2 is 2.19 bits per heavy atom. The second-order valence-corrected chi connectivity index (χ2v) is 7.72. The van der Waals surface area contributed by atoms with E-state index in [-0.39, 0.29) is 11.5 Å². The van der Waals surface area contributed by atoms with Crippen LogP contribution in [-0.4, -0.2) is 29.6 Å². The number of nitriles is 1. The predicted molar refractivity (Wildman–Crippen MR) is 103 cm³/mol. The number of thioether (sulfide) groups is 1. The Bertz CT molecular complexity index is 948. The first-order valence-corrected chi connectivity index (χ1v) is 9.90. The van der Waals surface area contributed by atoms with Crippen LogP contribution in [0.15, 0.2) is 34.5 Å². The number of hydrogen-bond acceptors (Lipinski definition) is 7. The van der Waals surface area contributed by atoms with E-state index in [9.17, 15) is 14.4 Å². The van der Waals surface area contributed by atoms with E-state index in [2.05, 4.69) is 10.6 Å². The van der Waals surface area contributed by atoms with Crippen LogP contribution >= 0.6 is 23.1 Å². The second kappa shape index (κ2) is 8.24. The minimum Gasteiger partial charge on any atom is -0.449 e. The van der Waals surface area contributed by atoms with Crippen molar-refractivity contribution in [2.75, 3.05) is 16.4 Å². The van der Waals surface area contributed by atoms with E-state index in [4.69, 9.17) is 10.00 Å². The molecule has 0 aliphatic carbocycles. The number of benzene rings is 1. The van der Waals surface area contributed by atoms with Gasteiger partial charge in [-0.1, -0.05) is 0 Å². The van der Waals surface area contributed by atoms with Crippen molar-refractivity contribution in [3.63, 3.8) is 0 Å². The van der Waals surface area contributed by atoms with Crippen LogP contribution in [0, 0.1) is 11.3 Å². The average molecular weight is 401 g/mol. The average Bonchev–Trinajstić information content (AvgIpc) is 3.00. The van der Waals surface area contributed by atoms with Gasteiger partial charge in [-0.05, 0) is 36.6 Å². The summed E-state index contributed by atoms with van der Waals surface area (Å²) in [6, 6.07) is 8.47. The van der Waals surface area contributed by atoms with E-state index in [0.717, 1.165) is 4.90 Å². The van der Waals surface area contributed by atoms with Crippen molar-refractivity contribution >= 4 is 51.6 Å². The van der Waals surface area contributed by atoms with Gasteiger partial charge in [-0.2, -0.15) is 5.26 Å². The highest BCUT2D eigenvalue weighted by molar-refractivity contribution is 7.99. The third kappa shape index (κ3) is 4.48. The summed E-state index contributed by atoms with van der Waals surface area (Å²) in [7, 11) is 0. The van der Waals surface area contributed by atoms with Crippen LogP contribution in [0.3, 0.4) is 0 Å². The third-order valence-electron chi connectivity index (χ3n) is 3.75. The number of thiophene rings is 1. The molecule has 2 N–H and O–H groups in total. The van der Waals surface area contributed by atoms with Crippen molar-refractivity contribution in [1.82, 2.24) is 0 Å². The van der Waals surface area contributed by atoms with Gasteiger partial charge in [0.25, 0.3) is 5.91 Å². The molecule has 1 aromatic carbocycles. The lowest BCUT2D eigenvalue weighted by atomic mass is 10.2. The summed E-state index contributed by atoms with van der Waals surface area (Å²) in [5.74, 6) is -0.631. The number of esters is 1. The molecule has 0 saturated carbocycles. The minimum atomic E-state index is -1.05. The molecule has 9 heteroatoms. The van der Waals surface area contributed by atoms with Crippen LogP contribution in [0.25, 0.3) is 0 Å². The maximum atomic E-state index is 12.4. The predicted octanol–water partition coefficient (Wildman–Crippen LogP) is 3.24. The molecule has 27 heavy (non-hydrogen) atoms. The lowest BCUT2D eigenvalue weighted by Crippen LogP contribution is -2.30. The monoisotopic (exact) mass is 401 g/mol. The highest BCUT2D eigenvalue weighted by Crippen LogP contribution is 2.31. The van der Waals surface area contributed by atoms with Crippen LogP contribution in [0.4, 0.5) is 10.7 Å². The summed E-state index contributed by atoms with van der Waals surface area (Å²) in [6.45, 7) is 1.45. The Labute approximate surface area is 163 Å². The summed E-state index contributed by atoms with van der Waals surface area (Å²) >= 11 is 2.75. The highest BCUT2D eigenvalue weighted by atomic mass is 32.2. The zero-order valence-corrected chi connectivity index (χ0v) is 15.9. The number of carbonyl (C=O) groups excluding carboxylic acids is 3. The topological polar surface area (TPSA) is 108 Å². The van der Waals surface area contributed by atoms with Gasteiger partial charge in [0.15, 0.2) is 6.10 Å². The molecule has 2 aromatic rings. The molecule has 2 heterocycles. The van der Waals surface area contributed by atoms with Crippen LogP contribution in [0.2, 0.25) is 0 Å². The van der Waals surface area contributed by atoms with Crippen LogP contribution < -0.4 is 10.6 Å². The number of amides is 2. The molecule has 0 spiro atoms. The fraction of sp³-hybridized carbons (Fsp3) is 0.222. The molecule has 1 aliphatic rings. The van der Waals surface area contributed by atoms with Crippen molar-refractivity contribution in [2.24, 2.45) is 0 Å². The van der Waals surface area contributed by atoms with Crippen molar-refractivity contribution in [2.45, 2.75) is 24.3 Å². The summed E-state index contributed by atoms with van der Waals surface area (Å²) in [5, 5.41) is 16.4. The molecule has 1 aliphatic heterocycles. The van der Waals surface area contributed by atoms with E-state index >= 15 is 0 Å². The van der Waals surface area contributed by atoms with Gasteiger partial charge in [0.1, 0.15) is 11.1 Å². The van der Waals surface area contributed by atoms with Crippen molar-refractivity contribution in [3.05, 3.63) is 40.8 Å². The van der Waals surface area contributed by atoms with Gasteiger partial charge >= 0.3 is 5.97 Å². The quantitative estimate of drug-likeness (QED) is 0.762. The molecule has 0 bridgehead atoms. The van der Waals surface area contributed by atoms with E-state index in [0.29, 0.717) is 28.4 Å². The lowest BCUT2D eigenvalue weighted by Gasteiger charge is -2.14. The van der Waals surface area contributed by atoms with Gasteiger partial charge in [-0.3, -0.25) is 9.59 Å². The number of nitrogens with one attached hydrogen (secondary N) is 2. The van der Waals surface area contributed by atoms with Crippen LogP contribution in [0.5, 0.6) is 0 Å². The van der Waals surface area contributed by atoms with E-state index in [1.807, 2.05) is 6.07 Å². The SMILES string of the molecule is C[C@H](OC(=O)c1ccc2c(c1)NC(=O)CCS2)C(=O)Nc1sccc1C#N. The Hall–Kier alpha value is -2.83. The largest absolute Gasteiger partial charge is 0.449 e. The van der Waals surface area contributed by atoms with Gasteiger partial charge in [-0.25, -0.2) is 4.79 Å². The number of rotatable bonds is 4. The van der Waals surface area contributed by atoms with Gasteiger partial charge < -0.3 is 15.4 Å². The molecule has 1 aromatic heterocycles. The number of fused-ring (bicyclic) bond motifs is 1. The first-order chi connectivity index (χ1) is 13.0. The number of carbonyl (C=O) groups is 3. The second-order valence-electron chi connectivity index (χ2n) is 5.67. The Balaban J connectivity index is 1.67. The fourth-order valence-corrected chi connectivity index (χ4v) is 4.01. The van der Waals surface area contributed by atoms with E-state index < -0.39 is 18.0 Å². The molecular formula is C18H15N3O4S2. The molecule has 7 nitrogen and oxygen atoms in total. The first-order valence-electron chi connectivity index (χ1n) is 8.04. The molecular weight excluding hydrogens is 386 g/mol. The zero-order valence-electron chi connectivity index (χ0n) is 14.3. The van der Waals surface area contributed by atoms with Gasteiger partial charge in [0.2, 0.25) is 5.91 Å². The highest BCUT2D eigenvalue weighted by Gasteiger charge is 2.22. The molecule has 138 valence electrons. The third-order valence-corrected chi connectivity index (χ3v) is 5.66. The van der Waals surface area contributed by atoms with Crippen LogP contribution in [0.1, 0.15) is 29.3 Å². The number of anilines is 2. The maximum absolute atomic E-state index is 12.4. The van der Waals surface area contributed by atoms with Gasteiger partial charge in [0.05, 0.1) is 16.8 Å². The Morgan fingerprint density at radius 3 is 2.96 bits per heavy atom. The lowest BCUT2D eigenvalue weighted by molar-refractivity contribution is -0.123. The first kappa shape index (κ1) is 18.9. The fourth-order valence-electron chi connectivity index (χ4n) is 2.34. The molecule has 0 radical (unpaired) electrons. The van der Waals surface area contributed by atoms with Gasteiger partial charge in [-0.15, -0.1) is 23.1 Å². The normalized spacial score (nSPS) is 14.1. The summed E-state index contributed by atoms with van der Waals surface area (Å²) < 4.78 is 5.22. The van der Waals surface area contributed by atoms with Crippen molar-refractivity contribution in [1.29, 1.82) is 5.26 Å². The van der Waals surface area contributed by atoms with Crippen LogP contribution in [-0.2, 0) is 14.3 Å². The smallest absolute Gasteiger partial charge is 0.338 e. The van der Waals surface area contributed by atoms with Crippen molar-refractivity contribution in [3.8, 4) is 6.07 Å². The van der Waals surface area contributed by atoms with E-state index in [1.54, 1.807) is 29.6 Å². The molecule has 0 fully saturated rings. The summed E-state index contributed by atoms with van der Waals surface area (Å²) in [6.07, 6.45) is -0.641. The minimum absolute atomic E-state index is 0.108. The molecule has 0 unspecified atom stereocenters. The number of hydrogen-bond donors (Lipinski definition) is 2. The summed E-state index contributed by atoms with van der Waals surface area (Å²) in [5.41, 5.74) is 1.15. The Kier molecular flexibility index (Phi) is 5.78. The zero-order chi connectivity index (χ0) is 19.4. The Morgan fingerprint density at radius 1 is 1.37 bits per heavy atom. The van der Waals surface area contributed by atoms with E-state index in [1.165, 1.54) is 30.0 Å². The standard InChI is InChI=1S/C18H15N3O4S2/c1-10(16(23)21-17-12(9-19)4-6-27-17)25-18(24)11-2-3-14-13(8-11)20-15(22)5-7-26-14/h2-4,6,8,10H,5,7H2,1H3,(H,20,22)(H,21,23)/t10-/m0/s1. The molecule has 2 amide bonds. The van der Waals surface area contributed by atoms with Gasteiger partial charge in [0, 0.05) is 17.1 Å². The number of ether oxygens (including phenoxy) is 1. The summed E-state index contributed by atoms with van der Waals surface area (Å²) in [4.78, 5) is 37.1. The van der Waals surface area contributed by atoms with Crippen molar-refractivity contribution < 1.29 is 19.1 Å². The number of nitrogens with zero attached hydrogens (tertiary/aromatic N) is 1.